The number of halogens is 2. The second-order valence-electron chi connectivity index (χ2n) is 10.1. The van der Waals surface area contributed by atoms with Crippen LogP contribution >= 0.6 is 11.6 Å². The number of carboxylic acid groups (broad SMARTS) is 1. The van der Waals surface area contributed by atoms with Gasteiger partial charge in [0, 0.05) is 12.6 Å². The topological polar surface area (TPSA) is 66.8 Å². The molecule has 2 unspecified atom stereocenters. The molecular weight excluding hydrogens is 481 g/mol. The third-order valence-electron chi connectivity index (χ3n) is 7.65. The van der Waals surface area contributed by atoms with Gasteiger partial charge in [0.1, 0.15) is 6.61 Å². The number of nitrogens with zero attached hydrogens (tertiary/aromatic N) is 1. The van der Waals surface area contributed by atoms with Crippen molar-refractivity contribution in [3.05, 3.63) is 64.4 Å². The van der Waals surface area contributed by atoms with Crippen LogP contribution in [0.25, 0.3) is 0 Å². The smallest absolute Gasteiger partial charge is 0.311 e. The lowest BCUT2D eigenvalue weighted by Gasteiger charge is -2.39. The molecule has 0 amide bonds. The van der Waals surface area contributed by atoms with Crippen molar-refractivity contribution < 1.29 is 23.8 Å². The molecule has 2 atom stereocenters. The minimum atomic E-state index is -1.03. The number of hydrogen-bond acceptors (Lipinski definition) is 4. The lowest BCUT2D eigenvalue weighted by molar-refractivity contribution is -0.149. The maximum atomic E-state index is 15.7. The first-order valence-electron chi connectivity index (χ1n) is 13.1. The summed E-state index contributed by atoms with van der Waals surface area (Å²) in [7, 11) is 0. The minimum Gasteiger partial charge on any atom is -0.481 e. The van der Waals surface area contributed by atoms with E-state index in [1.807, 2.05) is 35.2 Å². The molecule has 0 aromatic heterocycles. The van der Waals surface area contributed by atoms with Crippen molar-refractivity contribution in [1.82, 2.24) is 0 Å². The second kappa shape index (κ2) is 12.6. The molecular formula is C29H35ClFNO4. The van der Waals surface area contributed by atoms with E-state index >= 15 is 4.39 Å². The Morgan fingerprint density at radius 1 is 0.972 bits per heavy atom. The molecule has 0 bridgehead atoms. The van der Waals surface area contributed by atoms with Crippen LogP contribution in [0.2, 0.25) is 5.02 Å². The molecule has 7 heteroatoms. The molecule has 1 saturated heterocycles. The molecule has 5 nitrogen and oxygen atoms in total. The molecule has 194 valence electrons. The van der Waals surface area contributed by atoms with E-state index in [1.165, 1.54) is 18.9 Å². The molecule has 1 aliphatic heterocycles. The van der Waals surface area contributed by atoms with E-state index in [4.69, 9.17) is 16.3 Å². The number of carboxylic acids is 1. The molecule has 2 aliphatic rings. The molecule has 1 saturated carbocycles. The van der Waals surface area contributed by atoms with Crippen LogP contribution in [0.1, 0.15) is 68.9 Å². The Kier molecular flexibility index (Phi) is 9.24. The maximum absolute atomic E-state index is 15.7. The molecule has 2 aromatic carbocycles. The summed E-state index contributed by atoms with van der Waals surface area (Å²) in [5.74, 6) is -2.00. The summed E-state index contributed by atoms with van der Waals surface area (Å²) >= 11 is 6.22. The average molecular weight is 516 g/mol. The molecule has 0 radical (unpaired) electrons. The molecule has 0 spiro atoms. The lowest BCUT2D eigenvalue weighted by atomic mass is 9.87. The van der Waals surface area contributed by atoms with Gasteiger partial charge in [-0.25, -0.2) is 4.39 Å². The number of carbonyl (C=O) groups excluding carboxylic acids is 1. The number of carbonyl (C=O) groups is 2. The van der Waals surface area contributed by atoms with Crippen LogP contribution < -0.4 is 4.90 Å². The highest BCUT2D eigenvalue weighted by molar-refractivity contribution is 6.31. The average Bonchev–Trinajstić information content (AvgIpc) is 3.27. The van der Waals surface area contributed by atoms with Crippen molar-refractivity contribution >= 4 is 29.2 Å². The minimum absolute atomic E-state index is 0.0236. The third kappa shape index (κ3) is 6.58. The van der Waals surface area contributed by atoms with Gasteiger partial charge in [-0.2, -0.15) is 0 Å². The van der Waals surface area contributed by atoms with Crippen LogP contribution in [0.15, 0.2) is 42.5 Å². The number of benzene rings is 2. The van der Waals surface area contributed by atoms with Crippen LogP contribution in [-0.2, 0) is 27.4 Å². The van der Waals surface area contributed by atoms with Crippen molar-refractivity contribution in [3.63, 3.8) is 0 Å². The highest BCUT2D eigenvalue weighted by Gasteiger charge is 2.37. The number of esters is 1. The highest BCUT2D eigenvalue weighted by atomic mass is 35.5. The summed E-state index contributed by atoms with van der Waals surface area (Å²) in [6.07, 6.45) is 8.80. The standard InChI is InChI=1S/C29H35ClFNO4/c30-24-16-15-22(17-26(33)34)28(27(24)31)32-18-23(29(35)36-19-20-9-4-3-5-10-20)13-8-14-25(32)21-11-6-1-2-7-12-21/h3-5,9-10,15-16,21,23,25H,1-2,6-8,11-14,17-19H2,(H,33,34). The number of anilines is 1. The molecule has 1 aliphatic carbocycles. The summed E-state index contributed by atoms with van der Waals surface area (Å²) < 4.78 is 21.3. The largest absolute Gasteiger partial charge is 0.481 e. The van der Waals surface area contributed by atoms with E-state index < -0.39 is 17.7 Å². The fraction of sp³-hybridized carbons (Fsp3) is 0.517. The molecule has 1 N–H and O–H groups in total. The second-order valence-corrected chi connectivity index (χ2v) is 10.5. The highest BCUT2D eigenvalue weighted by Crippen LogP contribution is 2.40. The Morgan fingerprint density at radius 2 is 1.69 bits per heavy atom. The quantitative estimate of drug-likeness (QED) is 0.324. The summed E-state index contributed by atoms with van der Waals surface area (Å²) in [5.41, 5.74) is 1.54. The summed E-state index contributed by atoms with van der Waals surface area (Å²) in [6.45, 7) is 0.483. The van der Waals surface area contributed by atoms with Crippen molar-refractivity contribution in [3.8, 4) is 0 Å². The molecule has 36 heavy (non-hydrogen) atoms. The summed E-state index contributed by atoms with van der Waals surface area (Å²) in [4.78, 5) is 26.8. The SMILES string of the molecule is O=C(O)Cc1ccc(Cl)c(F)c1N1CC(C(=O)OCc2ccccc2)CCCC1C1CCCCCC1. The van der Waals surface area contributed by atoms with E-state index in [0.717, 1.165) is 44.1 Å². The normalized spacial score (nSPS) is 21.4. The number of ether oxygens (including phenoxy) is 1. The zero-order valence-corrected chi connectivity index (χ0v) is 21.4. The first kappa shape index (κ1) is 26.5. The zero-order chi connectivity index (χ0) is 25.5. The molecule has 1 heterocycles. The predicted octanol–water partition coefficient (Wildman–Crippen LogP) is 6.80. The number of rotatable bonds is 7. The molecule has 2 fully saturated rings. The third-order valence-corrected chi connectivity index (χ3v) is 7.94. The van der Waals surface area contributed by atoms with Crippen molar-refractivity contribution in [1.29, 1.82) is 0 Å². The first-order valence-corrected chi connectivity index (χ1v) is 13.5. The van der Waals surface area contributed by atoms with Gasteiger partial charge in [-0.05, 0) is 48.8 Å². The van der Waals surface area contributed by atoms with E-state index in [-0.39, 0.29) is 35.7 Å². The Hall–Kier alpha value is -2.60. The van der Waals surface area contributed by atoms with Crippen molar-refractivity contribution in [2.75, 3.05) is 11.4 Å². The van der Waals surface area contributed by atoms with Gasteiger partial charge in [-0.1, -0.05) is 80.1 Å². The van der Waals surface area contributed by atoms with Crippen molar-refractivity contribution in [2.24, 2.45) is 11.8 Å². The Labute approximate surface area is 217 Å². The van der Waals surface area contributed by atoms with Gasteiger partial charge in [-0.3, -0.25) is 9.59 Å². The maximum Gasteiger partial charge on any atom is 0.311 e. The zero-order valence-electron chi connectivity index (χ0n) is 20.6. The van der Waals surface area contributed by atoms with Crippen LogP contribution in [0.3, 0.4) is 0 Å². The van der Waals surface area contributed by atoms with E-state index in [1.54, 1.807) is 6.07 Å². The number of aliphatic carboxylic acids is 1. The van der Waals surface area contributed by atoms with Gasteiger partial charge in [0.05, 0.1) is 23.0 Å². The van der Waals surface area contributed by atoms with Crippen LogP contribution in [-0.4, -0.2) is 29.6 Å². The van der Waals surface area contributed by atoms with Gasteiger partial charge in [0.25, 0.3) is 0 Å². The fourth-order valence-electron chi connectivity index (χ4n) is 5.87. The van der Waals surface area contributed by atoms with Gasteiger partial charge >= 0.3 is 11.9 Å². The number of hydrogen-bond donors (Lipinski definition) is 1. The van der Waals surface area contributed by atoms with Gasteiger partial charge in [-0.15, -0.1) is 0 Å². The van der Waals surface area contributed by atoms with Crippen molar-refractivity contribution in [2.45, 2.75) is 76.9 Å². The van der Waals surface area contributed by atoms with E-state index in [2.05, 4.69) is 0 Å². The van der Waals surface area contributed by atoms with Crippen LogP contribution in [0, 0.1) is 17.7 Å². The Bertz CT molecular complexity index is 1040. The lowest BCUT2D eigenvalue weighted by Crippen LogP contribution is -2.44. The first-order chi connectivity index (χ1) is 17.4. The van der Waals surface area contributed by atoms with Gasteiger partial charge < -0.3 is 14.7 Å². The molecule has 4 rings (SSSR count). The summed E-state index contributed by atoms with van der Waals surface area (Å²) in [5, 5.41) is 9.49. The predicted molar refractivity (Wildman–Crippen MR) is 139 cm³/mol. The van der Waals surface area contributed by atoms with E-state index in [9.17, 15) is 14.7 Å². The Morgan fingerprint density at radius 3 is 2.39 bits per heavy atom. The Balaban J connectivity index is 1.65. The molecule has 2 aromatic rings. The monoisotopic (exact) mass is 515 g/mol. The fourth-order valence-corrected chi connectivity index (χ4v) is 6.02. The van der Waals surface area contributed by atoms with Crippen LogP contribution in [0.5, 0.6) is 0 Å². The summed E-state index contributed by atoms with van der Waals surface area (Å²) in [6, 6.07) is 12.6. The van der Waals surface area contributed by atoms with E-state index in [0.29, 0.717) is 24.4 Å². The van der Waals surface area contributed by atoms with Crippen LogP contribution in [0.4, 0.5) is 10.1 Å². The van der Waals surface area contributed by atoms with Gasteiger partial charge in [0.15, 0.2) is 5.82 Å². The van der Waals surface area contributed by atoms with Gasteiger partial charge in [0.2, 0.25) is 0 Å².